The van der Waals surface area contributed by atoms with E-state index in [1.54, 1.807) is 37.4 Å². The van der Waals surface area contributed by atoms with Gasteiger partial charge >= 0.3 is 5.97 Å². The van der Waals surface area contributed by atoms with Gasteiger partial charge in [0.15, 0.2) is 11.5 Å². The zero-order chi connectivity index (χ0) is 13.7. The van der Waals surface area contributed by atoms with Crippen molar-refractivity contribution in [3.8, 4) is 11.5 Å². The zero-order valence-corrected chi connectivity index (χ0v) is 12.0. The summed E-state index contributed by atoms with van der Waals surface area (Å²) in [5.41, 5.74) is 1.56. The number of methoxy groups -OCH3 is 1. The van der Waals surface area contributed by atoms with Crippen molar-refractivity contribution in [3.63, 3.8) is 0 Å². The Balaban J connectivity index is 2.21. The van der Waals surface area contributed by atoms with E-state index in [1.165, 1.54) is 0 Å². The van der Waals surface area contributed by atoms with Crippen molar-refractivity contribution in [2.24, 2.45) is 0 Å². The predicted molar refractivity (Wildman–Crippen MR) is 77.0 cm³/mol. The molecule has 3 nitrogen and oxygen atoms in total. The molecule has 0 fully saturated rings. The van der Waals surface area contributed by atoms with Gasteiger partial charge in [0.2, 0.25) is 0 Å². The maximum Gasteiger partial charge on any atom is 0.343 e. The number of carbonyl (C=O) groups excluding carboxylic acids is 1. The number of hydrogen-bond acceptors (Lipinski definition) is 3. The third-order valence-corrected chi connectivity index (χ3v) is 3.24. The van der Waals surface area contributed by atoms with Crippen LogP contribution in [-0.4, -0.2) is 13.1 Å². The molecule has 2 aromatic rings. The van der Waals surface area contributed by atoms with E-state index >= 15 is 0 Å². The molecule has 0 saturated carbocycles. The Morgan fingerprint density at radius 2 is 1.84 bits per heavy atom. The van der Waals surface area contributed by atoms with Gasteiger partial charge in [-0.3, -0.25) is 0 Å². The number of carbonyl (C=O) groups is 1. The van der Waals surface area contributed by atoms with Crippen LogP contribution < -0.4 is 9.47 Å². The lowest BCUT2D eigenvalue weighted by molar-refractivity contribution is 0.0729. The number of benzene rings is 2. The van der Waals surface area contributed by atoms with Gasteiger partial charge in [0.25, 0.3) is 0 Å². The van der Waals surface area contributed by atoms with Crippen molar-refractivity contribution in [3.05, 3.63) is 59.7 Å². The summed E-state index contributed by atoms with van der Waals surface area (Å²) in [6.45, 7) is 0. The van der Waals surface area contributed by atoms with Crippen LogP contribution in [0.25, 0.3) is 0 Å². The topological polar surface area (TPSA) is 35.5 Å². The summed E-state index contributed by atoms with van der Waals surface area (Å²) in [5, 5.41) is 0.719. The zero-order valence-electron chi connectivity index (χ0n) is 10.4. The largest absolute Gasteiger partial charge is 0.493 e. The highest BCUT2D eigenvalue weighted by Gasteiger charge is 2.12. The van der Waals surface area contributed by atoms with Crippen LogP contribution in [0.5, 0.6) is 11.5 Å². The number of rotatable bonds is 4. The van der Waals surface area contributed by atoms with Crippen LogP contribution in [0.1, 0.15) is 15.9 Å². The van der Waals surface area contributed by atoms with Crippen molar-refractivity contribution in [1.82, 2.24) is 0 Å². The summed E-state index contributed by atoms with van der Waals surface area (Å²) in [7, 11) is 1.55. The molecule has 0 bridgehead atoms. The molecule has 0 spiro atoms. The van der Waals surface area contributed by atoms with E-state index in [2.05, 4.69) is 15.9 Å². The molecule has 0 unspecified atom stereocenters. The van der Waals surface area contributed by atoms with Gasteiger partial charge in [0.1, 0.15) is 0 Å². The van der Waals surface area contributed by atoms with Crippen molar-refractivity contribution in [2.45, 2.75) is 5.33 Å². The van der Waals surface area contributed by atoms with Crippen LogP contribution in [0.15, 0.2) is 48.5 Å². The first-order chi connectivity index (χ1) is 9.24. The van der Waals surface area contributed by atoms with Crippen LogP contribution in [0, 0.1) is 0 Å². The van der Waals surface area contributed by atoms with E-state index in [9.17, 15) is 4.79 Å². The molecule has 2 aromatic carbocycles. The van der Waals surface area contributed by atoms with Gasteiger partial charge in [0.05, 0.1) is 12.7 Å². The van der Waals surface area contributed by atoms with E-state index in [1.807, 2.05) is 18.2 Å². The molecule has 0 aromatic heterocycles. The highest BCUT2D eigenvalue weighted by molar-refractivity contribution is 9.08. The Bertz CT molecular complexity index is 567. The molecular formula is C15H13BrO3. The first kappa shape index (κ1) is 13.6. The summed E-state index contributed by atoms with van der Waals surface area (Å²) in [6, 6.07) is 14.3. The highest BCUT2D eigenvalue weighted by atomic mass is 79.9. The highest BCUT2D eigenvalue weighted by Crippen LogP contribution is 2.29. The fourth-order valence-electron chi connectivity index (χ4n) is 1.61. The fraction of sp³-hybridized carbons (Fsp3) is 0.133. The second-order valence-corrected chi connectivity index (χ2v) is 4.44. The van der Waals surface area contributed by atoms with E-state index in [4.69, 9.17) is 9.47 Å². The average Bonchev–Trinajstić information content (AvgIpc) is 2.48. The standard InChI is InChI=1S/C15H13BrO3/c1-18-14-9-11(10-16)7-8-13(14)19-15(17)12-5-3-2-4-6-12/h2-9H,10H2,1H3. The van der Waals surface area contributed by atoms with E-state index in [-0.39, 0.29) is 0 Å². The maximum atomic E-state index is 11.9. The van der Waals surface area contributed by atoms with Crippen LogP contribution in [0.3, 0.4) is 0 Å². The lowest BCUT2D eigenvalue weighted by Crippen LogP contribution is -2.09. The van der Waals surface area contributed by atoms with Gasteiger partial charge in [-0.15, -0.1) is 0 Å². The van der Waals surface area contributed by atoms with Crippen molar-refractivity contribution < 1.29 is 14.3 Å². The Labute approximate surface area is 120 Å². The molecule has 98 valence electrons. The SMILES string of the molecule is COc1cc(CBr)ccc1OC(=O)c1ccccc1. The molecule has 0 aliphatic rings. The third-order valence-electron chi connectivity index (χ3n) is 2.59. The molecule has 0 saturated heterocycles. The molecule has 0 amide bonds. The smallest absolute Gasteiger partial charge is 0.343 e. The number of halogens is 1. The summed E-state index contributed by atoms with van der Waals surface area (Å²) in [4.78, 5) is 11.9. The van der Waals surface area contributed by atoms with Gasteiger partial charge in [-0.1, -0.05) is 40.2 Å². The van der Waals surface area contributed by atoms with Crippen LogP contribution >= 0.6 is 15.9 Å². The van der Waals surface area contributed by atoms with E-state index in [0.29, 0.717) is 17.1 Å². The number of hydrogen-bond donors (Lipinski definition) is 0. The minimum atomic E-state index is -0.398. The van der Waals surface area contributed by atoms with E-state index in [0.717, 1.165) is 10.9 Å². The molecule has 0 heterocycles. The monoisotopic (exact) mass is 320 g/mol. The minimum absolute atomic E-state index is 0.398. The van der Waals surface area contributed by atoms with Crippen LogP contribution in [0.4, 0.5) is 0 Å². The van der Waals surface area contributed by atoms with Crippen molar-refractivity contribution >= 4 is 21.9 Å². The second kappa shape index (κ2) is 6.38. The summed E-state index contributed by atoms with van der Waals surface area (Å²) < 4.78 is 10.6. The molecule has 0 aliphatic carbocycles. The Morgan fingerprint density at radius 1 is 1.11 bits per heavy atom. The fourth-order valence-corrected chi connectivity index (χ4v) is 1.96. The molecular weight excluding hydrogens is 308 g/mol. The molecule has 0 aliphatic heterocycles. The molecule has 2 rings (SSSR count). The molecule has 0 N–H and O–H groups in total. The van der Waals surface area contributed by atoms with Gasteiger partial charge < -0.3 is 9.47 Å². The minimum Gasteiger partial charge on any atom is -0.493 e. The molecule has 0 atom stereocenters. The summed E-state index contributed by atoms with van der Waals surface area (Å²) in [6.07, 6.45) is 0. The van der Waals surface area contributed by atoms with E-state index < -0.39 is 5.97 Å². The Hall–Kier alpha value is -1.81. The lowest BCUT2D eigenvalue weighted by atomic mass is 10.2. The van der Waals surface area contributed by atoms with Gasteiger partial charge in [-0.25, -0.2) is 4.79 Å². The third kappa shape index (κ3) is 3.35. The first-order valence-corrected chi connectivity index (χ1v) is 6.87. The van der Waals surface area contributed by atoms with Gasteiger partial charge in [-0.05, 0) is 29.8 Å². The van der Waals surface area contributed by atoms with Gasteiger partial charge in [-0.2, -0.15) is 0 Å². The average molecular weight is 321 g/mol. The maximum absolute atomic E-state index is 11.9. The van der Waals surface area contributed by atoms with Gasteiger partial charge in [0, 0.05) is 5.33 Å². The molecule has 0 radical (unpaired) electrons. The molecule has 4 heteroatoms. The predicted octanol–water partition coefficient (Wildman–Crippen LogP) is 3.81. The first-order valence-electron chi connectivity index (χ1n) is 5.74. The second-order valence-electron chi connectivity index (χ2n) is 3.87. The normalized spacial score (nSPS) is 10.0. The van der Waals surface area contributed by atoms with Crippen molar-refractivity contribution in [1.29, 1.82) is 0 Å². The number of alkyl halides is 1. The Morgan fingerprint density at radius 3 is 2.47 bits per heavy atom. The van der Waals surface area contributed by atoms with Crippen LogP contribution in [-0.2, 0) is 5.33 Å². The Kier molecular flexibility index (Phi) is 4.58. The molecule has 19 heavy (non-hydrogen) atoms. The number of esters is 1. The van der Waals surface area contributed by atoms with Crippen molar-refractivity contribution in [2.75, 3.05) is 7.11 Å². The number of ether oxygens (including phenoxy) is 2. The van der Waals surface area contributed by atoms with Crippen LogP contribution in [0.2, 0.25) is 0 Å². The summed E-state index contributed by atoms with van der Waals surface area (Å²) in [5.74, 6) is 0.563. The summed E-state index contributed by atoms with van der Waals surface area (Å²) >= 11 is 3.37. The lowest BCUT2D eigenvalue weighted by Gasteiger charge is -2.10. The quantitative estimate of drug-likeness (QED) is 0.488.